The van der Waals surface area contributed by atoms with Crippen LogP contribution in [-0.4, -0.2) is 41.5 Å². The van der Waals surface area contributed by atoms with E-state index in [-0.39, 0.29) is 5.92 Å². The van der Waals surface area contributed by atoms with Crippen LogP contribution in [0.4, 0.5) is 11.6 Å². The number of nitrogens with zero attached hydrogens (tertiary/aromatic N) is 4. The molecule has 170 valence electrons. The van der Waals surface area contributed by atoms with Gasteiger partial charge in [-0.15, -0.1) is 11.3 Å². The minimum Gasteiger partial charge on any atom is -0.383 e. The highest BCUT2D eigenvalue weighted by atomic mass is 32.1. The maximum atomic E-state index is 11.4. The lowest BCUT2D eigenvalue weighted by atomic mass is 9.63. The van der Waals surface area contributed by atoms with Crippen LogP contribution >= 0.6 is 11.3 Å². The number of aliphatic hydroxyl groups excluding tert-OH is 1. The smallest absolute Gasteiger partial charge is 0.227 e. The van der Waals surface area contributed by atoms with Gasteiger partial charge in [0.05, 0.1) is 10.6 Å². The summed E-state index contributed by atoms with van der Waals surface area (Å²) in [6, 6.07) is 5.69. The van der Waals surface area contributed by atoms with Crippen LogP contribution in [0.3, 0.4) is 0 Å². The Kier molecular flexibility index (Phi) is 6.02. The number of aryl methyl sites for hydroxylation is 2. The number of nitrogens with one attached hydrogen (secondary N) is 1. The highest BCUT2D eigenvalue weighted by Crippen LogP contribution is 2.51. The molecule has 1 saturated carbocycles. The number of rotatable bonds is 5. The molecule has 3 aromatic rings. The van der Waals surface area contributed by atoms with Crippen molar-refractivity contribution in [2.45, 2.75) is 58.8 Å². The number of anilines is 2. The summed E-state index contributed by atoms with van der Waals surface area (Å²) >= 11 is 1.42. The van der Waals surface area contributed by atoms with Crippen LogP contribution < -0.4 is 5.32 Å². The van der Waals surface area contributed by atoms with Gasteiger partial charge in [0.1, 0.15) is 10.6 Å². The van der Waals surface area contributed by atoms with Crippen molar-refractivity contribution in [1.82, 2.24) is 19.9 Å². The van der Waals surface area contributed by atoms with Gasteiger partial charge in [-0.3, -0.25) is 4.98 Å². The second-order valence-corrected chi connectivity index (χ2v) is 10.3. The number of hydrogen-bond donors (Lipinski definition) is 4. The zero-order valence-corrected chi connectivity index (χ0v) is 19.5. The van der Waals surface area contributed by atoms with E-state index in [1.54, 1.807) is 12.4 Å². The van der Waals surface area contributed by atoms with E-state index in [1.165, 1.54) is 11.3 Å². The molecule has 1 aliphatic carbocycles. The lowest BCUT2D eigenvalue weighted by Gasteiger charge is -2.46. The van der Waals surface area contributed by atoms with Gasteiger partial charge in [-0.05, 0) is 56.7 Å². The van der Waals surface area contributed by atoms with Crippen molar-refractivity contribution in [2.24, 2.45) is 11.3 Å². The highest BCUT2D eigenvalue weighted by molar-refractivity contribution is 7.15. The maximum absolute atomic E-state index is 11.4. The zero-order chi connectivity index (χ0) is 23.1. The van der Waals surface area contributed by atoms with Gasteiger partial charge in [0.2, 0.25) is 5.95 Å². The van der Waals surface area contributed by atoms with Crippen molar-refractivity contribution in [1.29, 1.82) is 0 Å². The molecule has 0 bridgehead atoms. The fourth-order valence-corrected chi connectivity index (χ4v) is 5.60. The fraction of sp³-hybridized carbons (Fsp3) is 0.478. The minimum atomic E-state index is -1.39. The Bertz CT molecular complexity index is 1120. The number of aliphatic hydroxyl groups is 3. The van der Waals surface area contributed by atoms with E-state index in [4.69, 9.17) is 0 Å². The zero-order valence-electron chi connectivity index (χ0n) is 18.7. The highest BCUT2D eigenvalue weighted by Gasteiger charge is 2.48. The van der Waals surface area contributed by atoms with Crippen LogP contribution in [0.15, 0.2) is 30.6 Å². The predicted octanol–water partition coefficient (Wildman–Crippen LogP) is 3.68. The quantitative estimate of drug-likeness (QED) is 0.430. The molecule has 0 aliphatic heterocycles. The Hall–Kier alpha value is -2.46. The molecule has 3 heterocycles. The molecule has 2 atom stereocenters. The summed E-state index contributed by atoms with van der Waals surface area (Å²) in [6.45, 7) is 7.76. The number of hydrogen-bond acceptors (Lipinski definition) is 9. The van der Waals surface area contributed by atoms with Gasteiger partial charge in [0.25, 0.3) is 0 Å². The Labute approximate surface area is 191 Å². The molecular formula is C23H29N5O3S. The second-order valence-electron chi connectivity index (χ2n) is 9.31. The van der Waals surface area contributed by atoms with Crippen molar-refractivity contribution in [3.8, 4) is 10.6 Å². The average Bonchev–Trinajstić information content (AvgIpc) is 3.17. The fourth-order valence-electron chi connectivity index (χ4n) is 4.61. The number of aromatic nitrogens is 4. The van der Waals surface area contributed by atoms with E-state index in [1.807, 2.05) is 45.9 Å². The number of pyridine rings is 1. The second kappa shape index (κ2) is 8.47. The summed E-state index contributed by atoms with van der Waals surface area (Å²) in [5.74, 6) is 0.240. The van der Waals surface area contributed by atoms with Crippen LogP contribution in [0.2, 0.25) is 0 Å². The Balaban J connectivity index is 1.59. The van der Waals surface area contributed by atoms with Crippen LogP contribution in [0.1, 0.15) is 49.5 Å². The summed E-state index contributed by atoms with van der Waals surface area (Å²) in [4.78, 5) is 18.7. The minimum absolute atomic E-state index is 0.280. The van der Waals surface area contributed by atoms with Gasteiger partial charge in [0, 0.05) is 35.4 Å². The molecule has 4 rings (SSSR count). The van der Waals surface area contributed by atoms with Crippen molar-refractivity contribution >= 4 is 23.0 Å². The largest absolute Gasteiger partial charge is 0.383 e. The first-order chi connectivity index (χ1) is 15.1. The first-order valence-corrected chi connectivity index (χ1v) is 11.5. The van der Waals surface area contributed by atoms with Gasteiger partial charge in [-0.2, -0.15) is 0 Å². The van der Waals surface area contributed by atoms with Gasteiger partial charge < -0.3 is 20.6 Å². The molecule has 0 aromatic carbocycles. The summed E-state index contributed by atoms with van der Waals surface area (Å²) < 4.78 is 0. The molecule has 8 nitrogen and oxygen atoms in total. The van der Waals surface area contributed by atoms with E-state index in [0.29, 0.717) is 30.2 Å². The summed E-state index contributed by atoms with van der Waals surface area (Å²) in [6.07, 6.45) is 3.43. The van der Waals surface area contributed by atoms with Crippen molar-refractivity contribution in [3.05, 3.63) is 47.0 Å². The van der Waals surface area contributed by atoms with Gasteiger partial charge in [0.15, 0.2) is 6.29 Å². The third-order valence-corrected chi connectivity index (χ3v) is 7.35. The summed E-state index contributed by atoms with van der Waals surface area (Å²) in [7, 11) is 0. The Morgan fingerprint density at radius 3 is 2.59 bits per heavy atom. The summed E-state index contributed by atoms with van der Waals surface area (Å²) in [5, 5.41) is 34.7. The Morgan fingerprint density at radius 1 is 1.12 bits per heavy atom. The normalized spacial score (nSPS) is 22.8. The van der Waals surface area contributed by atoms with E-state index < -0.39 is 17.3 Å². The molecule has 0 radical (unpaired) electrons. The Morgan fingerprint density at radius 2 is 1.91 bits per heavy atom. The molecule has 0 saturated heterocycles. The summed E-state index contributed by atoms with van der Waals surface area (Å²) in [5.41, 5.74) is 1.76. The first-order valence-electron chi connectivity index (χ1n) is 10.7. The molecule has 9 heteroatoms. The third kappa shape index (κ3) is 4.66. The molecule has 1 aliphatic rings. The first kappa shape index (κ1) is 22.7. The van der Waals surface area contributed by atoms with Crippen LogP contribution in [0.25, 0.3) is 10.6 Å². The molecule has 0 spiro atoms. The van der Waals surface area contributed by atoms with E-state index in [9.17, 15) is 15.3 Å². The van der Waals surface area contributed by atoms with Crippen LogP contribution in [0, 0.1) is 25.2 Å². The molecule has 1 fully saturated rings. The molecule has 0 amide bonds. The van der Waals surface area contributed by atoms with E-state index in [0.717, 1.165) is 27.6 Å². The monoisotopic (exact) mass is 455 g/mol. The van der Waals surface area contributed by atoms with Crippen LogP contribution in [0.5, 0.6) is 0 Å². The molecule has 0 unspecified atom stereocenters. The van der Waals surface area contributed by atoms with Gasteiger partial charge in [-0.1, -0.05) is 13.8 Å². The molecule has 3 aromatic heterocycles. The molecule has 32 heavy (non-hydrogen) atoms. The number of thiazole rings is 1. The van der Waals surface area contributed by atoms with Crippen molar-refractivity contribution in [3.63, 3.8) is 0 Å². The van der Waals surface area contributed by atoms with Crippen molar-refractivity contribution < 1.29 is 15.3 Å². The third-order valence-electron chi connectivity index (χ3n) is 6.14. The topological polar surface area (TPSA) is 124 Å². The van der Waals surface area contributed by atoms with Crippen LogP contribution in [-0.2, 0) is 5.60 Å². The SMILES string of the molecule is Cc1cc(Nc2nccc(C)n2)cc(-c2cnc([C@@]3(O)CC[C@H](C(O)O)C(C)(C)C3)s2)n1. The van der Waals surface area contributed by atoms with E-state index >= 15 is 0 Å². The standard InChI is InChI=1S/C23H29N5O3S/c1-13-6-8-24-21(27-13)28-15-9-14(2)26-17(10-15)18-11-25-20(32-18)23(31)7-5-16(19(29)30)22(3,4)12-23/h6,8-11,16,19,29-31H,5,7,12H2,1-4H3,(H,24,26,27,28)/t16-,23-/m1/s1. The average molecular weight is 456 g/mol. The van der Waals surface area contributed by atoms with E-state index in [2.05, 4.69) is 25.3 Å². The predicted molar refractivity (Wildman–Crippen MR) is 123 cm³/mol. The lowest BCUT2D eigenvalue weighted by molar-refractivity contribution is -0.163. The maximum Gasteiger partial charge on any atom is 0.227 e. The lowest BCUT2D eigenvalue weighted by Crippen LogP contribution is -2.45. The molecular weight excluding hydrogens is 426 g/mol. The molecule has 4 N–H and O–H groups in total. The van der Waals surface area contributed by atoms with Gasteiger partial charge >= 0.3 is 0 Å². The van der Waals surface area contributed by atoms with Gasteiger partial charge in [-0.25, -0.2) is 15.0 Å². The van der Waals surface area contributed by atoms with Crippen molar-refractivity contribution in [2.75, 3.05) is 5.32 Å².